The largest absolute Gasteiger partial charge is 0.0622 e. The van der Waals surface area contributed by atoms with Crippen LogP contribution < -0.4 is 0 Å². The van der Waals surface area contributed by atoms with Gasteiger partial charge in [0.15, 0.2) is 0 Å². The molecule has 0 nitrogen and oxygen atoms in total. The Morgan fingerprint density at radius 1 is 0.688 bits per heavy atom. The average molecular weight is 208 g/mol. The number of benzene rings is 2. The zero-order chi connectivity index (χ0) is 11.4. The van der Waals surface area contributed by atoms with Gasteiger partial charge in [0.25, 0.3) is 0 Å². The lowest BCUT2D eigenvalue weighted by Crippen LogP contribution is -1.81. The van der Waals surface area contributed by atoms with Gasteiger partial charge in [-0.05, 0) is 36.1 Å². The highest BCUT2D eigenvalue weighted by atomic mass is 14.0. The summed E-state index contributed by atoms with van der Waals surface area (Å²) < 4.78 is 0. The summed E-state index contributed by atoms with van der Waals surface area (Å²) in [5.41, 5.74) is 5.18. The van der Waals surface area contributed by atoms with Gasteiger partial charge in [0.1, 0.15) is 0 Å². The molecule has 0 atom stereocenters. The summed E-state index contributed by atoms with van der Waals surface area (Å²) in [6.45, 7) is 4.29. The van der Waals surface area contributed by atoms with Crippen molar-refractivity contribution in [3.05, 3.63) is 70.8 Å². The summed E-state index contributed by atoms with van der Waals surface area (Å²) in [7, 11) is 0. The predicted octanol–water partition coefficient (Wildman–Crippen LogP) is 4.47. The van der Waals surface area contributed by atoms with Crippen molar-refractivity contribution in [3.8, 4) is 0 Å². The second-order valence-corrected chi connectivity index (χ2v) is 4.09. The monoisotopic (exact) mass is 208 g/mol. The molecule has 16 heavy (non-hydrogen) atoms. The molecule has 0 heteroatoms. The molecule has 0 aliphatic carbocycles. The molecule has 0 saturated carbocycles. The molecule has 0 heterocycles. The van der Waals surface area contributed by atoms with Gasteiger partial charge in [-0.15, -0.1) is 0 Å². The lowest BCUT2D eigenvalue weighted by atomic mass is 10.1. The third-order valence-electron chi connectivity index (χ3n) is 2.80. The van der Waals surface area contributed by atoms with E-state index in [2.05, 4.69) is 68.5 Å². The first-order chi connectivity index (χ1) is 7.75. The summed E-state index contributed by atoms with van der Waals surface area (Å²) in [6, 6.07) is 16.9. The van der Waals surface area contributed by atoms with Gasteiger partial charge >= 0.3 is 0 Å². The minimum Gasteiger partial charge on any atom is -0.0622 e. The molecule has 0 bridgehead atoms. The number of aryl methyl sites for hydroxylation is 2. The number of hydrogen-bond acceptors (Lipinski definition) is 0. The highest BCUT2D eigenvalue weighted by molar-refractivity contribution is 5.69. The normalized spacial score (nSPS) is 10.9. The van der Waals surface area contributed by atoms with Crippen molar-refractivity contribution >= 4 is 12.2 Å². The van der Waals surface area contributed by atoms with E-state index in [4.69, 9.17) is 0 Å². The van der Waals surface area contributed by atoms with Crippen molar-refractivity contribution in [2.24, 2.45) is 0 Å². The maximum absolute atomic E-state index is 2.22. The standard InChI is InChI=1S/C16H16/c1-13-8-9-16(12-14(13)2)11-10-15-6-4-3-5-7-15/h3-12H,1-2H3. The van der Waals surface area contributed by atoms with Crippen molar-refractivity contribution in [3.63, 3.8) is 0 Å². The summed E-state index contributed by atoms with van der Waals surface area (Å²) in [5.74, 6) is 0. The second kappa shape index (κ2) is 4.80. The molecule has 0 amide bonds. The van der Waals surface area contributed by atoms with Gasteiger partial charge in [-0.1, -0.05) is 60.7 Å². The Kier molecular flexibility index (Phi) is 3.21. The van der Waals surface area contributed by atoms with Crippen LogP contribution in [0, 0.1) is 13.8 Å². The highest BCUT2D eigenvalue weighted by Crippen LogP contribution is 2.12. The molecule has 2 aromatic rings. The predicted molar refractivity (Wildman–Crippen MR) is 71.3 cm³/mol. The molecule has 0 radical (unpaired) electrons. The minimum absolute atomic E-state index is 1.24. The van der Waals surface area contributed by atoms with E-state index in [1.54, 1.807) is 0 Å². The SMILES string of the molecule is Cc1ccc(C=Cc2ccccc2)cc1C. The van der Waals surface area contributed by atoms with E-state index in [1.807, 2.05) is 6.07 Å². The Morgan fingerprint density at radius 2 is 1.38 bits per heavy atom. The average Bonchev–Trinajstić information content (AvgIpc) is 2.32. The maximum Gasteiger partial charge on any atom is -0.0254 e. The second-order valence-electron chi connectivity index (χ2n) is 4.09. The van der Waals surface area contributed by atoms with E-state index in [1.165, 1.54) is 22.3 Å². The Balaban J connectivity index is 2.21. The van der Waals surface area contributed by atoms with Crippen LogP contribution in [0.5, 0.6) is 0 Å². The van der Waals surface area contributed by atoms with Crippen LogP contribution in [0.3, 0.4) is 0 Å². The first-order valence-electron chi connectivity index (χ1n) is 5.56. The van der Waals surface area contributed by atoms with E-state index in [9.17, 15) is 0 Å². The van der Waals surface area contributed by atoms with Crippen molar-refractivity contribution in [1.29, 1.82) is 0 Å². The highest BCUT2D eigenvalue weighted by Gasteiger charge is 1.92. The summed E-state index contributed by atoms with van der Waals surface area (Å²) >= 11 is 0. The Bertz CT molecular complexity index is 493. The molecule has 0 aliphatic rings. The lowest BCUT2D eigenvalue weighted by molar-refractivity contribution is 1.33. The van der Waals surface area contributed by atoms with E-state index in [-0.39, 0.29) is 0 Å². The molecule has 0 aliphatic heterocycles. The van der Waals surface area contributed by atoms with Gasteiger partial charge in [-0.2, -0.15) is 0 Å². The van der Waals surface area contributed by atoms with Gasteiger partial charge in [0.2, 0.25) is 0 Å². The van der Waals surface area contributed by atoms with Crippen molar-refractivity contribution in [2.45, 2.75) is 13.8 Å². The van der Waals surface area contributed by atoms with Crippen molar-refractivity contribution in [2.75, 3.05) is 0 Å². The molecule has 80 valence electrons. The van der Waals surface area contributed by atoms with Gasteiger partial charge in [-0.25, -0.2) is 0 Å². The van der Waals surface area contributed by atoms with Crippen LogP contribution in [-0.4, -0.2) is 0 Å². The van der Waals surface area contributed by atoms with Gasteiger partial charge in [0.05, 0.1) is 0 Å². The molecule has 0 fully saturated rings. The number of hydrogen-bond donors (Lipinski definition) is 0. The van der Waals surface area contributed by atoms with Crippen LogP contribution in [0.4, 0.5) is 0 Å². The molecular formula is C16H16. The van der Waals surface area contributed by atoms with Crippen molar-refractivity contribution < 1.29 is 0 Å². The van der Waals surface area contributed by atoms with Gasteiger partial charge in [0, 0.05) is 0 Å². The zero-order valence-corrected chi connectivity index (χ0v) is 9.77. The quantitative estimate of drug-likeness (QED) is 0.638. The Morgan fingerprint density at radius 3 is 2.06 bits per heavy atom. The van der Waals surface area contributed by atoms with Crippen LogP contribution >= 0.6 is 0 Å². The number of rotatable bonds is 2. The van der Waals surface area contributed by atoms with E-state index in [0.717, 1.165) is 0 Å². The third-order valence-corrected chi connectivity index (χ3v) is 2.80. The molecule has 0 spiro atoms. The van der Waals surface area contributed by atoms with E-state index in [0.29, 0.717) is 0 Å². The molecule has 2 aromatic carbocycles. The zero-order valence-electron chi connectivity index (χ0n) is 9.77. The molecule has 0 unspecified atom stereocenters. The van der Waals surface area contributed by atoms with E-state index < -0.39 is 0 Å². The molecule has 0 saturated heterocycles. The fraction of sp³-hybridized carbons (Fsp3) is 0.125. The van der Waals surface area contributed by atoms with Crippen LogP contribution in [-0.2, 0) is 0 Å². The van der Waals surface area contributed by atoms with Crippen LogP contribution in [0.15, 0.2) is 48.5 Å². The lowest BCUT2D eigenvalue weighted by Gasteiger charge is -2.00. The summed E-state index contributed by atoms with van der Waals surface area (Å²) in [4.78, 5) is 0. The first-order valence-corrected chi connectivity index (χ1v) is 5.56. The minimum atomic E-state index is 1.24. The molecule has 0 N–H and O–H groups in total. The van der Waals surface area contributed by atoms with Gasteiger partial charge < -0.3 is 0 Å². The van der Waals surface area contributed by atoms with Crippen molar-refractivity contribution in [1.82, 2.24) is 0 Å². The summed E-state index contributed by atoms with van der Waals surface area (Å²) in [5, 5.41) is 0. The fourth-order valence-electron chi connectivity index (χ4n) is 1.62. The Hall–Kier alpha value is -1.82. The smallest absolute Gasteiger partial charge is 0.0254 e. The van der Waals surface area contributed by atoms with Gasteiger partial charge in [-0.3, -0.25) is 0 Å². The Labute approximate surface area is 97.3 Å². The summed E-state index contributed by atoms with van der Waals surface area (Å²) in [6.07, 6.45) is 4.30. The third kappa shape index (κ3) is 2.60. The van der Waals surface area contributed by atoms with Crippen LogP contribution in [0.1, 0.15) is 22.3 Å². The molecule has 2 rings (SSSR count). The first kappa shape index (κ1) is 10.7. The van der Waals surface area contributed by atoms with Crippen LogP contribution in [0.2, 0.25) is 0 Å². The molecule has 0 aromatic heterocycles. The fourth-order valence-corrected chi connectivity index (χ4v) is 1.62. The van der Waals surface area contributed by atoms with E-state index >= 15 is 0 Å². The topological polar surface area (TPSA) is 0 Å². The molecular weight excluding hydrogens is 192 g/mol. The van der Waals surface area contributed by atoms with Crippen LogP contribution in [0.25, 0.3) is 12.2 Å². The maximum atomic E-state index is 2.22.